The van der Waals surface area contributed by atoms with Crippen molar-refractivity contribution >= 4 is 12.1 Å². The summed E-state index contributed by atoms with van der Waals surface area (Å²) >= 11 is 0. The number of amides is 1. The van der Waals surface area contributed by atoms with Gasteiger partial charge < -0.3 is 19.8 Å². The zero-order valence-electron chi connectivity index (χ0n) is 16.7. The van der Waals surface area contributed by atoms with Crippen LogP contribution in [0.15, 0.2) is 30.3 Å². The summed E-state index contributed by atoms with van der Waals surface area (Å²) in [7, 11) is 0. The summed E-state index contributed by atoms with van der Waals surface area (Å²) in [6, 6.07) is 9.01. The molecule has 1 aromatic carbocycles. The Bertz CT molecular complexity index is 695. The van der Waals surface area contributed by atoms with Crippen LogP contribution in [0, 0.1) is 0 Å². The van der Waals surface area contributed by atoms with Gasteiger partial charge in [-0.05, 0) is 46.8 Å². The van der Waals surface area contributed by atoms with Crippen LogP contribution in [-0.2, 0) is 9.57 Å². The van der Waals surface area contributed by atoms with Gasteiger partial charge in [0.25, 0.3) is 0 Å². The molecular weight excluding hydrogens is 346 g/mol. The number of ether oxygens (including phenoxy) is 1. The van der Waals surface area contributed by atoms with Gasteiger partial charge in [0.1, 0.15) is 11.1 Å². The molecule has 0 bridgehead atoms. The summed E-state index contributed by atoms with van der Waals surface area (Å²) in [6.45, 7) is 11.2. The Morgan fingerprint density at radius 1 is 1.15 bits per heavy atom. The highest BCUT2D eigenvalue weighted by atomic mass is 16.7. The fourth-order valence-electron chi connectivity index (χ4n) is 3.63. The molecule has 7 nitrogen and oxygen atoms in total. The van der Waals surface area contributed by atoms with Crippen molar-refractivity contribution < 1.29 is 19.2 Å². The van der Waals surface area contributed by atoms with Crippen LogP contribution < -0.4 is 5.32 Å². The van der Waals surface area contributed by atoms with Gasteiger partial charge >= 0.3 is 12.1 Å². The Kier molecular flexibility index (Phi) is 5.18. The molecule has 7 heteroatoms. The van der Waals surface area contributed by atoms with Crippen molar-refractivity contribution in [1.29, 1.82) is 0 Å². The molecule has 3 rings (SSSR count). The molecule has 1 N–H and O–H groups in total. The Morgan fingerprint density at radius 3 is 2.37 bits per heavy atom. The van der Waals surface area contributed by atoms with E-state index in [9.17, 15) is 9.59 Å². The second-order valence-electron chi connectivity index (χ2n) is 8.49. The second kappa shape index (κ2) is 7.13. The Balaban J connectivity index is 1.74. The molecule has 1 spiro atoms. The van der Waals surface area contributed by atoms with E-state index < -0.39 is 11.1 Å². The lowest BCUT2D eigenvalue weighted by Crippen LogP contribution is -2.82. The van der Waals surface area contributed by atoms with Gasteiger partial charge in [-0.2, -0.15) is 0 Å². The highest BCUT2D eigenvalue weighted by Crippen LogP contribution is 2.37. The van der Waals surface area contributed by atoms with Crippen LogP contribution in [-0.4, -0.2) is 64.9 Å². The number of carbonyl (C=O) groups is 2. The molecule has 0 aromatic heterocycles. The highest BCUT2D eigenvalue weighted by molar-refractivity contribution is 5.89. The van der Waals surface area contributed by atoms with Crippen molar-refractivity contribution in [2.24, 2.45) is 0 Å². The average molecular weight is 375 g/mol. The number of benzene rings is 1. The summed E-state index contributed by atoms with van der Waals surface area (Å²) in [4.78, 5) is 32.4. The molecule has 2 fully saturated rings. The number of likely N-dealkylation sites (tertiary alicyclic amines) is 1. The largest absolute Gasteiger partial charge is 0.444 e. The molecule has 2 aliphatic heterocycles. The first-order chi connectivity index (χ1) is 12.6. The number of nitrogens with one attached hydrogen (secondary N) is 1. The van der Waals surface area contributed by atoms with Crippen molar-refractivity contribution in [3.63, 3.8) is 0 Å². The van der Waals surface area contributed by atoms with E-state index in [-0.39, 0.29) is 24.1 Å². The zero-order valence-corrected chi connectivity index (χ0v) is 16.7. The van der Waals surface area contributed by atoms with Crippen LogP contribution in [0.25, 0.3) is 0 Å². The maximum absolute atomic E-state index is 12.6. The van der Waals surface area contributed by atoms with E-state index in [0.717, 1.165) is 0 Å². The standard InChI is InChI=1S/C20H29N3O4/c1-14-11-21-15(2)20(12-22(13-20)18(25)26-19(3,4)5)23(14)27-17(24)16-9-7-6-8-10-16/h6-10,14-15,21H,11-13H2,1-5H3/t14-,15?/m1/s1. The molecule has 2 atom stereocenters. The van der Waals surface area contributed by atoms with E-state index in [1.54, 1.807) is 22.1 Å². The summed E-state index contributed by atoms with van der Waals surface area (Å²) in [5, 5.41) is 5.25. The molecule has 2 saturated heterocycles. The van der Waals surface area contributed by atoms with Crippen LogP contribution in [0.2, 0.25) is 0 Å². The van der Waals surface area contributed by atoms with Gasteiger partial charge in [0.15, 0.2) is 0 Å². The Hall–Kier alpha value is -2.12. The van der Waals surface area contributed by atoms with Crippen LogP contribution in [0.1, 0.15) is 45.0 Å². The Labute approximate surface area is 160 Å². The van der Waals surface area contributed by atoms with Crippen molar-refractivity contribution in [2.45, 2.75) is 57.8 Å². The van der Waals surface area contributed by atoms with Crippen LogP contribution in [0.3, 0.4) is 0 Å². The lowest BCUT2D eigenvalue weighted by atomic mass is 9.80. The third-order valence-electron chi connectivity index (χ3n) is 5.14. The number of hydrogen-bond donors (Lipinski definition) is 1. The summed E-state index contributed by atoms with van der Waals surface area (Å²) in [5.41, 5.74) is -0.489. The van der Waals surface area contributed by atoms with E-state index in [2.05, 4.69) is 12.2 Å². The van der Waals surface area contributed by atoms with Crippen LogP contribution in [0.4, 0.5) is 4.79 Å². The van der Waals surface area contributed by atoms with Gasteiger partial charge in [-0.25, -0.2) is 9.59 Å². The van der Waals surface area contributed by atoms with Gasteiger partial charge in [-0.15, -0.1) is 5.06 Å². The third-order valence-corrected chi connectivity index (χ3v) is 5.14. The van der Waals surface area contributed by atoms with Gasteiger partial charge in [0, 0.05) is 25.7 Å². The minimum absolute atomic E-state index is 0.00495. The van der Waals surface area contributed by atoms with Crippen LogP contribution in [0.5, 0.6) is 0 Å². The van der Waals surface area contributed by atoms with E-state index in [4.69, 9.17) is 9.57 Å². The third kappa shape index (κ3) is 3.94. The van der Waals surface area contributed by atoms with Crippen molar-refractivity contribution in [2.75, 3.05) is 19.6 Å². The predicted molar refractivity (Wildman–Crippen MR) is 101 cm³/mol. The Morgan fingerprint density at radius 2 is 1.78 bits per heavy atom. The molecular formula is C20H29N3O4. The zero-order chi connectivity index (χ0) is 19.8. The van der Waals surface area contributed by atoms with Crippen molar-refractivity contribution in [3.05, 3.63) is 35.9 Å². The predicted octanol–water partition coefficient (Wildman–Crippen LogP) is 2.43. The van der Waals surface area contributed by atoms with Crippen LogP contribution >= 0.6 is 0 Å². The van der Waals surface area contributed by atoms with Gasteiger partial charge in [-0.3, -0.25) is 0 Å². The SMILES string of the molecule is CC1NC[C@@H](C)N(OC(=O)c2ccccc2)C12CN(C(=O)OC(C)(C)C)C2. The number of nitrogens with zero attached hydrogens (tertiary/aromatic N) is 2. The first-order valence-electron chi connectivity index (χ1n) is 9.40. The molecule has 0 aliphatic carbocycles. The maximum atomic E-state index is 12.6. The molecule has 148 valence electrons. The average Bonchev–Trinajstić information content (AvgIpc) is 2.55. The molecule has 2 aliphatic rings. The van der Waals surface area contributed by atoms with Gasteiger partial charge in [0.05, 0.1) is 11.6 Å². The fourth-order valence-corrected chi connectivity index (χ4v) is 3.63. The normalized spacial score (nSPS) is 25.0. The number of rotatable bonds is 2. The number of hydrogen-bond acceptors (Lipinski definition) is 6. The lowest BCUT2D eigenvalue weighted by Gasteiger charge is -2.60. The van der Waals surface area contributed by atoms with Crippen molar-refractivity contribution in [1.82, 2.24) is 15.3 Å². The number of carbonyl (C=O) groups excluding carboxylic acids is 2. The molecule has 1 unspecified atom stereocenters. The smallest absolute Gasteiger partial charge is 0.410 e. The summed E-state index contributed by atoms with van der Waals surface area (Å²) < 4.78 is 5.46. The van der Waals surface area contributed by atoms with E-state index in [1.807, 2.05) is 45.9 Å². The van der Waals surface area contributed by atoms with E-state index >= 15 is 0 Å². The highest BCUT2D eigenvalue weighted by Gasteiger charge is 2.58. The summed E-state index contributed by atoms with van der Waals surface area (Å²) in [6.07, 6.45) is -0.340. The molecule has 27 heavy (non-hydrogen) atoms. The maximum Gasteiger partial charge on any atom is 0.410 e. The minimum atomic E-state index is -0.539. The molecule has 0 saturated carbocycles. The quantitative estimate of drug-likeness (QED) is 0.856. The van der Waals surface area contributed by atoms with Gasteiger partial charge in [-0.1, -0.05) is 18.2 Å². The fraction of sp³-hybridized carbons (Fsp3) is 0.600. The first-order valence-corrected chi connectivity index (χ1v) is 9.40. The topological polar surface area (TPSA) is 71.1 Å². The van der Waals surface area contributed by atoms with E-state index in [1.165, 1.54) is 0 Å². The van der Waals surface area contributed by atoms with Crippen molar-refractivity contribution in [3.8, 4) is 0 Å². The van der Waals surface area contributed by atoms with Gasteiger partial charge in [0.2, 0.25) is 0 Å². The van der Waals surface area contributed by atoms with E-state index in [0.29, 0.717) is 25.2 Å². The lowest BCUT2D eigenvalue weighted by molar-refractivity contribution is -0.256. The minimum Gasteiger partial charge on any atom is -0.444 e. The monoisotopic (exact) mass is 375 g/mol. The second-order valence-corrected chi connectivity index (χ2v) is 8.49. The molecule has 1 amide bonds. The molecule has 1 aromatic rings. The molecule has 0 radical (unpaired) electrons. The number of piperazine rings is 1. The number of hydroxylamine groups is 2. The summed E-state index contributed by atoms with van der Waals surface area (Å²) in [5.74, 6) is -0.383. The first kappa shape index (κ1) is 19.6. The molecule has 2 heterocycles.